The summed E-state index contributed by atoms with van der Waals surface area (Å²) in [6.45, 7) is 2.96. The van der Waals surface area contributed by atoms with E-state index in [2.05, 4.69) is 15.1 Å². The van der Waals surface area contributed by atoms with Gasteiger partial charge in [-0.3, -0.25) is 4.68 Å². The van der Waals surface area contributed by atoms with Gasteiger partial charge in [0.1, 0.15) is 11.4 Å². The molecule has 1 aromatic rings. The van der Waals surface area contributed by atoms with Crippen LogP contribution in [-0.4, -0.2) is 44.3 Å². The highest BCUT2D eigenvalue weighted by Gasteiger charge is 2.16. The third-order valence-corrected chi connectivity index (χ3v) is 3.68. The Morgan fingerprint density at radius 1 is 1.35 bits per heavy atom. The van der Waals surface area contributed by atoms with Gasteiger partial charge in [-0.1, -0.05) is 6.92 Å². The molecule has 0 spiro atoms. The van der Waals surface area contributed by atoms with E-state index >= 15 is 0 Å². The number of rotatable bonds is 9. The molecule has 0 radical (unpaired) electrons. The van der Waals surface area contributed by atoms with Crippen LogP contribution in [0.1, 0.15) is 13.3 Å². The van der Waals surface area contributed by atoms with Gasteiger partial charge in [-0.2, -0.15) is 5.10 Å². The number of nitrogens with zero attached hydrogens (tertiary/aromatic N) is 2. The molecular weight excluding hydrogens is 314 g/mol. The van der Waals surface area contributed by atoms with Crippen molar-refractivity contribution in [3.8, 4) is 0 Å². The van der Waals surface area contributed by atoms with Crippen LogP contribution in [0.4, 0.5) is 8.78 Å². The van der Waals surface area contributed by atoms with Crippen molar-refractivity contribution in [2.75, 3.05) is 19.6 Å². The quantitative estimate of drug-likeness (QED) is 0.657. The highest BCUT2D eigenvalue weighted by atomic mass is 35.5. The van der Waals surface area contributed by atoms with Gasteiger partial charge in [-0.15, -0.1) is 12.4 Å². The molecule has 10 heteroatoms. The highest BCUT2D eigenvalue weighted by molar-refractivity contribution is 7.89. The zero-order valence-electron chi connectivity index (χ0n) is 11.1. The van der Waals surface area contributed by atoms with Crippen LogP contribution in [0, 0.1) is 0 Å². The summed E-state index contributed by atoms with van der Waals surface area (Å²) in [5.41, 5.74) is 0. The lowest BCUT2D eigenvalue weighted by Crippen LogP contribution is -2.32. The maximum absolute atomic E-state index is 12.1. The van der Waals surface area contributed by atoms with E-state index in [0.717, 1.165) is 30.0 Å². The van der Waals surface area contributed by atoms with Crippen LogP contribution in [-0.2, 0) is 16.6 Å². The Morgan fingerprint density at radius 2 is 2.05 bits per heavy atom. The van der Waals surface area contributed by atoms with Crippen LogP contribution in [0.2, 0.25) is 0 Å². The van der Waals surface area contributed by atoms with Crippen molar-refractivity contribution in [1.29, 1.82) is 0 Å². The summed E-state index contributed by atoms with van der Waals surface area (Å²) >= 11 is 0. The van der Waals surface area contributed by atoms with Gasteiger partial charge >= 0.3 is 0 Å². The van der Waals surface area contributed by atoms with Crippen molar-refractivity contribution >= 4 is 22.4 Å². The first-order valence-electron chi connectivity index (χ1n) is 5.96. The molecule has 6 nitrogen and oxygen atoms in total. The zero-order chi connectivity index (χ0) is 14.3. The Balaban J connectivity index is 0.00000361. The lowest BCUT2D eigenvalue weighted by atomic mass is 10.5. The number of aromatic nitrogens is 2. The van der Waals surface area contributed by atoms with E-state index in [1.54, 1.807) is 0 Å². The molecule has 2 N–H and O–H groups in total. The van der Waals surface area contributed by atoms with Crippen molar-refractivity contribution in [1.82, 2.24) is 19.8 Å². The van der Waals surface area contributed by atoms with Crippen LogP contribution in [0.25, 0.3) is 0 Å². The summed E-state index contributed by atoms with van der Waals surface area (Å²) in [5.74, 6) is 0. The van der Waals surface area contributed by atoms with E-state index in [4.69, 9.17) is 0 Å². The number of hydrogen-bond acceptors (Lipinski definition) is 4. The third kappa shape index (κ3) is 6.60. The maximum atomic E-state index is 12.1. The topological polar surface area (TPSA) is 76.0 Å². The van der Waals surface area contributed by atoms with Crippen molar-refractivity contribution in [2.45, 2.75) is 31.2 Å². The maximum Gasteiger partial charge on any atom is 0.257 e. The van der Waals surface area contributed by atoms with Crippen molar-refractivity contribution < 1.29 is 17.2 Å². The molecule has 1 heterocycles. The molecule has 0 fully saturated rings. The van der Waals surface area contributed by atoms with Crippen molar-refractivity contribution in [3.63, 3.8) is 0 Å². The van der Waals surface area contributed by atoms with Crippen LogP contribution in [0.15, 0.2) is 17.3 Å². The van der Waals surface area contributed by atoms with Crippen LogP contribution in [0.3, 0.4) is 0 Å². The first-order chi connectivity index (χ1) is 8.95. The van der Waals surface area contributed by atoms with Gasteiger partial charge in [0, 0.05) is 19.3 Å². The molecule has 0 aromatic carbocycles. The van der Waals surface area contributed by atoms with Gasteiger partial charge in [-0.05, 0) is 13.0 Å². The Bertz CT molecular complexity index is 481. The van der Waals surface area contributed by atoms with Crippen LogP contribution in [0.5, 0.6) is 0 Å². The minimum Gasteiger partial charge on any atom is -0.315 e. The number of halogens is 3. The van der Waals surface area contributed by atoms with Crippen LogP contribution < -0.4 is 10.0 Å². The fourth-order valence-electron chi connectivity index (χ4n) is 1.38. The predicted molar refractivity (Wildman–Crippen MR) is 73.8 cm³/mol. The molecule has 1 aromatic heterocycles. The lowest BCUT2D eigenvalue weighted by Gasteiger charge is -2.05. The summed E-state index contributed by atoms with van der Waals surface area (Å²) in [4.78, 5) is -0.108. The highest BCUT2D eigenvalue weighted by Crippen LogP contribution is 2.07. The van der Waals surface area contributed by atoms with E-state index in [9.17, 15) is 17.2 Å². The number of hydrogen-bond donors (Lipinski definition) is 2. The van der Waals surface area contributed by atoms with Gasteiger partial charge in [0.15, 0.2) is 0 Å². The second-order valence-electron chi connectivity index (χ2n) is 3.94. The van der Waals surface area contributed by atoms with E-state index < -0.39 is 23.0 Å². The predicted octanol–water partition coefficient (Wildman–Crippen LogP) is 0.848. The van der Waals surface area contributed by atoms with Gasteiger partial charge in [0.25, 0.3) is 6.43 Å². The molecule has 0 aliphatic rings. The first kappa shape index (κ1) is 19.2. The molecule has 118 valence electrons. The van der Waals surface area contributed by atoms with Crippen molar-refractivity contribution in [2.24, 2.45) is 0 Å². The molecule has 0 aliphatic heterocycles. The smallest absolute Gasteiger partial charge is 0.257 e. The monoisotopic (exact) mass is 332 g/mol. The minimum atomic E-state index is -3.68. The van der Waals surface area contributed by atoms with E-state index in [-0.39, 0.29) is 23.8 Å². The summed E-state index contributed by atoms with van der Waals surface area (Å²) in [6, 6.07) is 0. The average molecular weight is 333 g/mol. The van der Waals surface area contributed by atoms with Gasteiger partial charge < -0.3 is 5.32 Å². The summed E-state index contributed by atoms with van der Waals surface area (Å²) < 4.78 is 51.1. The second kappa shape index (κ2) is 9.22. The number of alkyl halides is 2. The Hall–Kier alpha value is -0.770. The lowest BCUT2D eigenvalue weighted by molar-refractivity contribution is 0.121. The molecule has 0 aliphatic carbocycles. The average Bonchev–Trinajstić information content (AvgIpc) is 2.77. The molecule has 0 amide bonds. The fraction of sp³-hybridized carbons (Fsp3) is 0.700. The largest absolute Gasteiger partial charge is 0.315 e. The van der Waals surface area contributed by atoms with Gasteiger partial charge in [0.2, 0.25) is 10.0 Å². The Labute approximate surface area is 123 Å². The Morgan fingerprint density at radius 3 is 2.65 bits per heavy atom. The second-order valence-corrected chi connectivity index (χ2v) is 5.70. The molecule has 0 saturated carbocycles. The summed E-state index contributed by atoms with van der Waals surface area (Å²) in [6.07, 6.45) is 0.548. The third-order valence-electron chi connectivity index (χ3n) is 2.27. The minimum absolute atomic E-state index is 0. The molecular formula is C10H19ClF2N4O2S. The summed E-state index contributed by atoms with van der Waals surface area (Å²) in [7, 11) is -3.68. The molecule has 0 atom stereocenters. The van der Waals surface area contributed by atoms with Crippen molar-refractivity contribution in [3.05, 3.63) is 12.4 Å². The molecule has 0 bridgehead atoms. The summed E-state index contributed by atoms with van der Waals surface area (Å²) in [5, 5.41) is 6.63. The van der Waals surface area contributed by atoms with E-state index in [1.807, 2.05) is 6.92 Å². The zero-order valence-corrected chi connectivity index (χ0v) is 12.7. The fourth-order valence-corrected chi connectivity index (χ4v) is 2.37. The molecule has 1 rings (SSSR count). The Kier molecular flexibility index (Phi) is 8.86. The number of sulfonamides is 1. The van der Waals surface area contributed by atoms with E-state index in [0.29, 0.717) is 6.54 Å². The van der Waals surface area contributed by atoms with Crippen LogP contribution >= 0.6 is 12.4 Å². The van der Waals surface area contributed by atoms with Gasteiger partial charge in [0.05, 0.1) is 6.20 Å². The van der Waals surface area contributed by atoms with E-state index in [1.165, 1.54) is 0 Å². The standard InChI is InChI=1S/C10H18F2N4O2S.ClH/c1-2-3-13-4-5-15-19(17,18)9-6-14-16(7-9)8-10(11)12;/h6-7,10,13,15H,2-5,8H2,1H3;1H. The van der Waals surface area contributed by atoms with Gasteiger partial charge in [-0.25, -0.2) is 21.9 Å². The molecule has 0 saturated heterocycles. The normalized spacial score (nSPS) is 11.6. The first-order valence-corrected chi connectivity index (χ1v) is 7.45. The number of nitrogens with one attached hydrogen (secondary N) is 2. The molecule has 0 unspecified atom stereocenters. The SMILES string of the molecule is CCCNCCNS(=O)(=O)c1cnn(CC(F)F)c1.Cl. The molecule has 20 heavy (non-hydrogen) atoms.